The number of aliphatic hydroxyl groups excluding tert-OH is 8. The lowest BCUT2D eigenvalue weighted by Crippen LogP contribution is -2.61. The Hall–Kier alpha value is -0.480. The van der Waals surface area contributed by atoms with Crippen LogP contribution in [0.15, 0.2) is 0 Å². The van der Waals surface area contributed by atoms with E-state index in [4.69, 9.17) is 29.2 Å². The van der Waals surface area contributed by atoms with E-state index in [1.54, 1.807) is 0 Å². The van der Waals surface area contributed by atoms with Crippen molar-refractivity contribution in [2.75, 3.05) is 13.2 Å². The van der Waals surface area contributed by atoms with Crippen molar-refractivity contribution in [1.82, 2.24) is 0 Å². The number of aliphatic hydroxyl groups is 8. The Balaban J connectivity index is 1.96. The van der Waals surface area contributed by atoms with E-state index < -0.39 is 80.9 Å². The first-order chi connectivity index (χ1) is 12.2. The molecule has 0 aromatic heterocycles. The van der Waals surface area contributed by atoms with E-state index in [0.29, 0.717) is 0 Å². The molecule has 0 aliphatic carbocycles. The predicted molar refractivity (Wildman–Crippen MR) is 79.2 cm³/mol. The van der Waals surface area contributed by atoms with Crippen LogP contribution >= 0.6 is 0 Å². The number of rotatable bonds is 6. The summed E-state index contributed by atoms with van der Waals surface area (Å²) < 4.78 is 20.8. The first-order valence-electron chi connectivity index (χ1n) is 8.13. The summed E-state index contributed by atoms with van der Waals surface area (Å²) in [5, 5.41) is 76.9. The molecule has 26 heavy (non-hydrogen) atoms. The second kappa shape index (κ2) is 9.14. The Labute approximate surface area is 148 Å². The van der Waals surface area contributed by atoms with Gasteiger partial charge in [0.15, 0.2) is 18.9 Å². The van der Waals surface area contributed by atoms with Crippen LogP contribution in [0.5, 0.6) is 0 Å². The van der Waals surface area contributed by atoms with E-state index in [0.717, 1.165) is 0 Å². The van der Waals surface area contributed by atoms with Crippen LogP contribution in [-0.4, -0.2) is 122 Å². The molecule has 2 fully saturated rings. The number of hydrogen-bond acceptors (Lipinski definition) is 12. The van der Waals surface area contributed by atoms with E-state index >= 15 is 0 Å². The number of ether oxygens (including phenoxy) is 4. The molecule has 0 saturated carbocycles. The predicted octanol–water partition coefficient (Wildman–Crippen LogP) is -5.03. The van der Waals surface area contributed by atoms with Gasteiger partial charge >= 0.3 is 0 Å². The molecule has 0 aromatic rings. The van der Waals surface area contributed by atoms with E-state index in [2.05, 4.69) is 0 Å². The molecule has 2 aliphatic heterocycles. The van der Waals surface area contributed by atoms with Crippen LogP contribution in [0.25, 0.3) is 0 Å². The van der Waals surface area contributed by atoms with Crippen molar-refractivity contribution in [2.45, 2.75) is 74.6 Å². The average Bonchev–Trinajstić information content (AvgIpc) is 2.62. The van der Waals surface area contributed by atoms with Gasteiger partial charge in [-0.2, -0.15) is 0 Å². The highest BCUT2D eigenvalue weighted by Crippen LogP contribution is 2.26. The maximum atomic E-state index is 9.90. The largest absolute Gasteiger partial charge is 0.394 e. The molecule has 0 radical (unpaired) electrons. The summed E-state index contributed by atoms with van der Waals surface area (Å²) in [6, 6.07) is 0. The Morgan fingerprint density at radius 3 is 1.31 bits per heavy atom. The van der Waals surface area contributed by atoms with Crippen LogP contribution in [0, 0.1) is 0 Å². The van der Waals surface area contributed by atoms with Crippen molar-refractivity contribution in [3.05, 3.63) is 0 Å². The maximum Gasteiger partial charge on any atom is 0.189 e. The molecule has 2 aliphatic rings. The van der Waals surface area contributed by atoms with Crippen LogP contribution in [0.2, 0.25) is 0 Å². The second-order valence-electron chi connectivity index (χ2n) is 6.23. The minimum Gasteiger partial charge on any atom is -0.394 e. The summed E-state index contributed by atoms with van der Waals surface area (Å²) in [5.41, 5.74) is 0. The van der Waals surface area contributed by atoms with Gasteiger partial charge in [-0.05, 0) is 6.92 Å². The minimum atomic E-state index is -1.64. The SMILES string of the molecule is CC(OC1O[C@H](CO)[C@@H](O)[C@H](O)[C@H]1O)OC1O[C@H](CO)[C@@H](O)[C@H](O)[C@H]1O. The molecular formula is C14H26O12. The third-order valence-electron chi connectivity index (χ3n) is 4.35. The fraction of sp³-hybridized carbons (Fsp3) is 1.00. The summed E-state index contributed by atoms with van der Waals surface area (Å²) in [5.74, 6) is 0. The highest BCUT2D eigenvalue weighted by atomic mass is 16.8. The first kappa shape index (κ1) is 21.8. The van der Waals surface area contributed by atoms with Gasteiger partial charge in [0.2, 0.25) is 0 Å². The van der Waals surface area contributed by atoms with E-state index in [1.165, 1.54) is 6.92 Å². The molecule has 8 N–H and O–H groups in total. The van der Waals surface area contributed by atoms with Gasteiger partial charge < -0.3 is 59.8 Å². The Bertz CT molecular complexity index is 396. The molecule has 0 aromatic carbocycles. The number of hydrogen-bond donors (Lipinski definition) is 8. The van der Waals surface area contributed by atoms with Crippen molar-refractivity contribution in [3.63, 3.8) is 0 Å². The fourth-order valence-electron chi connectivity index (χ4n) is 2.77. The normalized spacial score (nSPS) is 48.3. The monoisotopic (exact) mass is 386 g/mol. The van der Waals surface area contributed by atoms with Gasteiger partial charge in [0.1, 0.15) is 48.8 Å². The topological polar surface area (TPSA) is 199 Å². The van der Waals surface area contributed by atoms with Crippen LogP contribution in [0.1, 0.15) is 6.92 Å². The van der Waals surface area contributed by atoms with E-state index in [9.17, 15) is 30.6 Å². The molecule has 2 heterocycles. The van der Waals surface area contributed by atoms with Crippen molar-refractivity contribution in [2.24, 2.45) is 0 Å². The smallest absolute Gasteiger partial charge is 0.189 e. The highest BCUT2D eigenvalue weighted by Gasteiger charge is 2.47. The quantitative estimate of drug-likeness (QED) is 0.202. The van der Waals surface area contributed by atoms with Crippen molar-refractivity contribution >= 4 is 0 Å². The lowest BCUT2D eigenvalue weighted by Gasteiger charge is -2.42. The molecule has 2 rings (SSSR count). The van der Waals surface area contributed by atoms with Gasteiger partial charge in [0, 0.05) is 0 Å². The lowest BCUT2D eigenvalue weighted by atomic mass is 9.99. The molecule has 0 bridgehead atoms. The summed E-state index contributed by atoms with van der Waals surface area (Å²) >= 11 is 0. The highest BCUT2D eigenvalue weighted by molar-refractivity contribution is 4.90. The fourth-order valence-corrected chi connectivity index (χ4v) is 2.77. The zero-order valence-corrected chi connectivity index (χ0v) is 14.0. The summed E-state index contributed by atoms with van der Waals surface area (Å²) in [6.07, 6.45) is -16.1. The van der Waals surface area contributed by atoms with Crippen LogP contribution in [-0.2, 0) is 18.9 Å². The lowest BCUT2D eigenvalue weighted by molar-refractivity contribution is -0.374. The van der Waals surface area contributed by atoms with Crippen LogP contribution in [0.3, 0.4) is 0 Å². The van der Waals surface area contributed by atoms with Crippen molar-refractivity contribution in [3.8, 4) is 0 Å². The Kier molecular flexibility index (Phi) is 7.67. The third kappa shape index (κ3) is 4.49. The Morgan fingerprint density at radius 1 is 0.654 bits per heavy atom. The molecule has 0 amide bonds. The standard InChI is InChI=1S/C14H26O12/c1-4(23-13-11(21)9(19)7(17)5(2-15)25-13)24-14-12(22)10(20)8(18)6(3-16)26-14/h4-22H,2-3H2,1H3/t4?,5-,6-,7-,8-,9+,10+,11-,12-,13?,14?/m1/s1. The average molecular weight is 386 g/mol. The molecule has 2 saturated heterocycles. The molecule has 0 spiro atoms. The van der Waals surface area contributed by atoms with Gasteiger partial charge in [-0.3, -0.25) is 0 Å². The van der Waals surface area contributed by atoms with Crippen LogP contribution < -0.4 is 0 Å². The Morgan fingerprint density at radius 2 is 1.00 bits per heavy atom. The molecule has 12 heteroatoms. The molecule has 10 atom stereocenters. The summed E-state index contributed by atoms with van der Waals surface area (Å²) in [4.78, 5) is 0. The van der Waals surface area contributed by atoms with Gasteiger partial charge in [0.25, 0.3) is 0 Å². The van der Waals surface area contributed by atoms with Gasteiger partial charge in [-0.1, -0.05) is 0 Å². The summed E-state index contributed by atoms with van der Waals surface area (Å²) in [6.45, 7) is 0.0718. The maximum absolute atomic E-state index is 9.90. The van der Waals surface area contributed by atoms with E-state index in [1.807, 2.05) is 0 Å². The van der Waals surface area contributed by atoms with Crippen molar-refractivity contribution < 1.29 is 59.8 Å². The molecular weight excluding hydrogens is 360 g/mol. The summed E-state index contributed by atoms with van der Waals surface area (Å²) in [7, 11) is 0. The van der Waals surface area contributed by atoms with E-state index in [-0.39, 0.29) is 0 Å². The third-order valence-corrected chi connectivity index (χ3v) is 4.35. The van der Waals surface area contributed by atoms with Gasteiger partial charge in [0.05, 0.1) is 13.2 Å². The second-order valence-corrected chi connectivity index (χ2v) is 6.23. The van der Waals surface area contributed by atoms with Crippen LogP contribution in [0.4, 0.5) is 0 Å². The molecule has 2 unspecified atom stereocenters. The minimum absolute atomic E-state index is 0.632. The molecule has 154 valence electrons. The zero-order chi connectivity index (χ0) is 19.6. The first-order valence-corrected chi connectivity index (χ1v) is 8.13. The van der Waals surface area contributed by atoms with Gasteiger partial charge in [-0.15, -0.1) is 0 Å². The van der Waals surface area contributed by atoms with Crippen molar-refractivity contribution in [1.29, 1.82) is 0 Å². The molecule has 12 nitrogen and oxygen atoms in total. The zero-order valence-electron chi connectivity index (χ0n) is 14.0. The van der Waals surface area contributed by atoms with Gasteiger partial charge in [-0.25, -0.2) is 0 Å².